The fourth-order valence-electron chi connectivity index (χ4n) is 2.83. The van der Waals surface area contributed by atoms with Crippen LogP contribution in [0.5, 0.6) is 0 Å². The SMILES string of the molecule is O=C1Nc2ccccc2S(=O)(=O)N1Cc1cnn(C2CCC2)c1. The summed E-state index contributed by atoms with van der Waals surface area (Å²) in [6.45, 7) is -0.0186. The van der Waals surface area contributed by atoms with Crippen LogP contribution in [0.15, 0.2) is 41.6 Å². The highest BCUT2D eigenvalue weighted by Gasteiger charge is 2.36. The average Bonchev–Trinajstić information content (AvgIpc) is 2.90. The average molecular weight is 332 g/mol. The number of hydrogen-bond donors (Lipinski definition) is 1. The normalized spacial score (nSPS) is 19.8. The molecule has 0 spiro atoms. The number of amides is 2. The van der Waals surface area contributed by atoms with Crippen LogP contribution in [0.4, 0.5) is 10.5 Å². The molecule has 1 fully saturated rings. The summed E-state index contributed by atoms with van der Waals surface area (Å²) in [5, 5.41) is 6.90. The molecule has 0 saturated heterocycles. The predicted octanol–water partition coefficient (Wildman–Crippen LogP) is 2.34. The predicted molar refractivity (Wildman–Crippen MR) is 83.3 cm³/mol. The van der Waals surface area contributed by atoms with Crippen molar-refractivity contribution in [2.24, 2.45) is 0 Å². The molecule has 1 aliphatic carbocycles. The van der Waals surface area contributed by atoms with Gasteiger partial charge in [-0.1, -0.05) is 12.1 Å². The minimum Gasteiger partial charge on any atom is -0.306 e. The Morgan fingerprint density at radius 3 is 2.78 bits per heavy atom. The summed E-state index contributed by atoms with van der Waals surface area (Å²) in [5.41, 5.74) is 1.02. The molecule has 0 unspecified atom stereocenters. The van der Waals surface area contributed by atoms with Gasteiger partial charge < -0.3 is 5.32 Å². The second-order valence-electron chi connectivity index (χ2n) is 5.85. The van der Waals surface area contributed by atoms with Gasteiger partial charge in [0.1, 0.15) is 4.90 Å². The Balaban J connectivity index is 1.63. The van der Waals surface area contributed by atoms with E-state index >= 15 is 0 Å². The number of carbonyl (C=O) groups excluding carboxylic acids is 1. The third-order valence-corrected chi connectivity index (χ3v) is 6.14. The molecular weight excluding hydrogens is 316 g/mol. The number of fused-ring (bicyclic) bond motifs is 1. The molecule has 2 amide bonds. The Hall–Kier alpha value is -2.35. The lowest BCUT2D eigenvalue weighted by atomic mass is 9.93. The maximum Gasteiger partial charge on any atom is 0.336 e. The first kappa shape index (κ1) is 14.3. The topological polar surface area (TPSA) is 84.3 Å². The standard InChI is InChI=1S/C15H16N4O3S/c20-15-17-13-6-1-2-7-14(13)23(21,22)19(15)10-11-8-16-18(9-11)12-4-3-5-12/h1-2,6-9,12H,3-5,10H2,(H,17,20). The number of urea groups is 1. The van der Waals surface area contributed by atoms with Crippen molar-refractivity contribution >= 4 is 21.7 Å². The van der Waals surface area contributed by atoms with Gasteiger partial charge >= 0.3 is 6.03 Å². The summed E-state index contributed by atoms with van der Waals surface area (Å²) in [5.74, 6) is 0. The number of hydrogen-bond acceptors (Lipinski definition) is 4. The lowest BCUT2D eigenvalue weighted by Gasteiger charge is -2.28. The monoisotopic (exact) mass is 332 g/mol. The van der Waals surface area contributed by atoms with Crippen LogP contribution in [0.25, 0.3) is 0 Å². The molecule has 0 bridgehead atoms. The van der Waals surface area contributed by atoms with Crippen LogP contribution in [-0.4, -0.2) is 28.5 Å². The summed E-state index contributed by atoms with van der Waals surface area (Å²) < 4.78 is 28.1. The number of benzene rings is 1. The molecule has 4 rings (SSSR count). The molecule has 0 radical (unpaired) electrons. The molecule has 23 heavy (non-hydrogen) atoms. The van der Waals surface area contributed by atoms with Crippen molar-refractivity contribution in [1.29, 1.82) is 0 Å². The van der Waals surface area contributed by atoms with E-state index in [1.54, 1.807) is 24.4 Å². The zero-order valence-electron chi connectivity index (χ0n) is 12.3. The van der Waals surface area contributed by atoms with Crippen LogP contribution >= 0.6 is 0 Å². The largest absolute Gasteiger partial charge is 0.336 e. The van der Waals surface area contributed by atoms with Gasteiger partial charge in [0.15, 0.2) is 0 Å². The third kappa shape index (κ3) is 2.29. The molecule has 1 aromatic heterocycles. The van der Waals surface area contributed by atoms with E-state index in [1.165, 1.54) is 12.5 Å². The Labute approximate surface area is 134 Å². The van der Waals surface area contributed by atoms with Crippen LogP contribution in [-0.2, 0) is 16.6 Å². The molecule has 1 N–H and O–H groups in total. The van der Waals surface area contributed by atoms with Crippen LogP contribution < -0.4 is 5.32 Å². The third-order valence-electron chi connectivity index (χ3n) is 4.35. The molecule has 8 heteroatoms. The Kier molecular flexibility index (Phi) is 3.15. The van der Waals surface area contributed by atoms with Crippen molar-refractivity contribution < 1.29 is 13.2 Å². The first-order valence-electron chi connectivity index (χ1n) is 7.51. The number of anilines is 1. The van der Waals surface area contributed by atoms with E-state index in [0.29, 0.717) is 17.3 Å². The lowest BCUT2D eigenvalue weighted by Crippen LogP contribution is -2.43. The number of nitrogens with one attached hydrogen (secondary N) is 1. The van der Waals surface area contributed by atoms with Gasteiger partial charge in [-0.2, -0.15) is 5.10 Å². The van der Waals surface area contributed by atoms with Crippen LogP contribution in [0, 0.1) is 0 Å². The minimum absolute atomic E-state index is 0.0186. The van der Waals surface area contributed by atoms with Gasteiger partial charge in [-0.15, -0.1) is 0 Å². The molecular formula is C15H16N4O3S. The molecule has 120 valence electrons. The van der Waals surface area contributed by atoms with E-state index in [-0.39, 0.29) is 11.4 Å². The number of sulfonamides is 1. The molecule has 7 nitrogen and oxygen atoms in total. The molecule has 2 aromatic rings. The molecule has 0 atom stereocenters. The van der Waals surface area contributed by atoms with Crippen molar-refractivity contribution in [3.63, 3.8) is 0 Å². The zero-order chi connectivity index (χ0) is 16.0. The fourth-order valence-corrected chi connectivity index (χ4v) is 4.30. The Morgan fingerprint density at radius 1 is 1.26 bits per heavy atom. The van der Waals surface area contributed by atoms with Crippen molar-refractivity contribution in [1.82, 2.24) is 14.1 Å². The maximum atomic E-state index is 12.7. The number of para-hydroxylation sites is 1. The number of rotatable bonds is 3. The van der Waals surface area contributed by atoms with Gasteiger partial charge in [-0.05, 0) is 31.4 Å². The Bertz CT molecular complexity index is 870. The molecule has 1 aromatic carbocycles. The van der Waals surface area contributed by atoms with E-state index in [4.69, 9.17) is 0 Å². The van der Waals surface area contributed by atoms with Crippen molar-refractivity contribution in [2.45, 2.75) is 36.7 Å². The quantitative estimate of drug-likeness (QED) is 0.935. The summed E-state index contributed by atoms with van der Waals surface area (Å²) in [7, 11) is -3.85. The number of aromatic nitrogens is 2. The van der Waals surface area contributed by atoms with Gasteiger partial charge in [0.05, 0.1) is 24.5 Å². The Morgan fingerprint density at radius 2 is 2.04 bits per heavy atom. The van der Waals surface area contributed by atoms with E-state index < -0.39 is 16.1 Å². The highest BCUT2D eigenvalue weighted by Crippen LogP contribution is 2.32. The first-order chi connectivity index (χ1) is 11.1. The van der Waals surface area contributed by atoms with Crippen LogP contribution in [0.2, 0.25) is 0 Å². The van der Waals surface area contributed by atoms with Gasteiger partial charge in [0.25, 0.3) is 10.0 Å². The fraction of sp³-hybridized carbons (Fsp3) is 0.333. The first-order valence-corrected chi connectivity index (χ1v) is 8.95. The second kappa shape index (κ2) is 5.09. The van der Waals surface area contributed by atoms with E-state index in [9.17, 15) is 13.2 Å². The highest BCUT2D eigenvalue weighted by molar-refractivity contribution is 7.90. The van der Waals surface area contributed by atoms with E-state index in [0.717, 1.165) is 17.1 Å². The van der Waals surface area contributed by atoms with Crippen LogP contribution in [0.1, 0.15) is 30.9 Å². The minimum atomic E-state index is -3.85. The summed E-state index contributed by atoms with van der Waals surface area (Å²) in [6.07, 6.45) is 6.84. The summed E-state index contributed by atoms with van der Waals surface area (Å²) >= 11 is 0. The number of nitrogens with zero attached hydrogens (tertiary/aromatic N) is 3. The van der Waals surface area contributed by atoms with Gasteiger partial charge in [-0.3, -0.25) is 4.68 Å². The second-order valence-corrected chi connectivity index (χ2v) is 7.68. The van der Waals surface area contributed by atoms with Crippen molar-refractivity contribution in [2.75, 3.05) is 5.32 Å². The van der Waals surface area contributed by atoms with Gasteiger partial charge in [-0.25, -0.2) is 17.5 Å². The molecule has 1 aliphatic heterocycles. The molecule has 2 heterocycles. The summed E-state index contributed by atoms with van der Waals surface area (Å²) in [4.78, 5) is 12.3. The highest BCUT2D eigenvalue weighted by atomic mass is 32.2. The van der Waals surface area contributed by atoms with Crippen LogP contribution in [0.3, 0.4) is 0 Å². The zero-order valence-corrected chi connectivity index (χ0v) is 13.2. The lowest BCUT2D eigenvalue weighted by molar-refractivity contribution is 0.233. The van der Waals surface area contributed by atoms with Gasteiger partial charge in [0, 0.05) is 11.8 Å². The molecule has 1 saturated carbocycles. The summed E-state index contributed by atoms with van der Waals surface area (Å²) in [6, 6.07) is 6.16. The van der Waals surface area contributed by atoms with Crippen molar-refractivity contribution in [3.8, 4) is 0 Å². The van der Waals surface area contributed by atoms with Gasteiger partial charge in [0.2, 0.25) is 0 Å². The van der Waals surface area contributed by atoms with Crippen molar-refractivity contribution in [3.05, 3.63) is 42.2 Å². The maximum absolute atomic E-state index is 12.7. The smallest absolute Gasteiger partial charge is 0.306 e. The van der Waals surface area contributed by atoms with E-state index in [2.05, 4.69) is 10.4 Å². The molecule has 2 aliphatic rings. The van der Waals surface area contributed by atoms with E-state index in [1.807, 2.05) is 10.9 Å². The number of carbonyl (C=O) groups is 1.